The Bertz CT molecular complexity index is 1240. The normalized spacial score (nSPS) is 16.4. The second kappa shape index (κ2) is 11.6. The van der Waals surface area contributed by atoms with Gasteiger partial charge in [-0.2, -0.15) is 0 Å². The molecule has 0 atom stereocenters. The van der Waals surface area contributed by atoms with Crippen molar-refractivity contribution in [3.8, 4) is 11.1 Å². The van der Waals surface area contributed by atoms with Crippen molar-refractivity contribution in [3.05, 3.63) is 70.6 Å². The van der Waals surface area contributed by atoms with E-state index in [0.29, 0.717) is 49.4 Å². The first-order valence-electron chi connectivity index (χ1n) is 12.5. The van der Waals surface area contributed by atoms with Crippen LogP contribution in [0, 0.1) is 0 Å². The number of nitrogens with one attached hydrogen (secondary N) is 1. The van der Waals surface area contributed by atoms with Crippen LogP contribution in [0.15, 0.2) is 48.8 Å². The lowest BCUT2D eigenvalue weighted by Gasteiger charge is -2.27. The second-order valence-corrected chi connectivity index (χ2v) is 10.3. The Morgan fingerprint density at radius 1 is 1.14 bits per heavy atom. The summed E-state index contributed by atoms with van der Waals surface area (Å²) in [5.41, 5.74) is 3.83. The average molecular weight is 527 g/mol. The van der Waals surface area contributed by atoms with Gasteiger partial charge in [0.15, 0.2) is 5.79 Å². The highest BCUT2D eigenvalue weighted by molar-refractivity contribution is 6.33. The zero-order valence-corrected chi connectivity index (χ0v) is 22.6. The Balaban J connectivity index is 1.73. The van der Waals surface area contributed by atoms with Gasteiger partial charge in [0.2, 0.25) is 0 Å². The molecule has 198 valence electrons. The maximum Gasteiger partial charge on any atom is 0.270 e. The van der Waals surface area contributed by atoms with Crippen molar-refractivity contribution in [2.75, 3.05) is 25.1 Å². The lowest BCUT2D eigenvalue weighted by atomic mass is 10.1. The minimum absolute atomic E-state index is 0.0939. The van der Waals surface area contributed by atoms with E-state index in [4.69, 9.17) is 21.1 Å². The van der Waals surface area contributed by atoms with E-state index in [1.54, 1.807) is 11.1 Å². The molecule has 3 aromatic rings. The van der Waals surface area contributed by atoms with Gasteiger partial charge in [0.05, 0.1) is 24.8 Å². The van der Waals surface area contributed by atoms with E-state index in [1.165, 1.54) is 0 Å². The van der Waals surface area contributed by atoms with Crippen LogP contribution in [0.1, 0.15) is 49.3 Å². The summed E-state index contributed by atoms with van der Waals surface area (Å²) in [7, 11) is 0. The summed E-state index contributed by atoms with van der Waals surface area (Å²) in [5.74, 6) is -0.203. The molecule has 0 radical (unpaired) electrons. The van der Waals surface area contributed by atoms with Crippen molar-refractivity contribution in [1.82, 2.24) is 14.5 Å². The fourth-order valence-corrected chi connectivity index (χ4v) is 4.59. The first-order chi connectivity index (χ1) is 17.7. The number of halogens is 1. The van der Waals surface area contributed by atoms with Gasteiger partial charge in [-0.05, 0) is 51.0 Å². The van der Waals surface area contributed by atoms with Gasteiger partial charge in [-0.1, -0.05) is 35.9 Å². The SMILES string of the molecule is CC(C)Nc1cc(-c2cc3n(c2)CCOC(C)(C)OCCN(Cc2ccccc2CO)C3=O)c(Cl)cn1. The van der Waals surface area contributed by atoms with Crippen molar-refractivity contribution in [2.24, 2.45) is 0 Å². The monoisotopic (exact) mass is 526 g/mol. The zero-order valence-electron chi connectivity index (χ0n) is 21.8. The van der Waals surface area contributed by atoms with Crippen molar-refractivity contribution >= 4 is 23.3 Å². The summed E-state index contributed by atoms with van der Waals surface area (Å²) < 4.78 is 13.9. The van der Waals surface area contributed by atoms with Gasteiger partial charge in [-0.15, -0.1) is 0 Å². The maximum atomic E-state index is 14.0. The standard InChI is InChI=1S/C28H35ClN4O4/c1-19(2)31-26-14-23(24(29)15-30-26)22-13-25-27(35)33(16-20-7-5-6-8-21(20)18-34)10-12-37-28(3,4)36-11-9-32(25)17-22/h5-8,13-15,17,19,34H,9-12,16,18H2,1-4H3,(H,30,31). The number of aliphatic hydroxyl groups excluding tert-OH is 1. The summed E-state index contributed by atoms with van der Waals surface area (Å²) in [5, 5.41) is 13.6. The van der Waals surface area contributed by atoms with Crippen molar-refractivity contribution in [1.29, 1.82) is 0 Å². The fraction of sp³-hybridized carbons (Fsp3) is 0.429. The molecule has 1 amide bonds. The third-order valence-electron chi connectivity index (χ3n) is 6.25. The van der Waals surface area contributed by atoms with Crippen LogP contribution >= 0.6 is 11.6 Å². The molecule has 1 aromatic carbocycles. The van der Waals surface area contributed by atoms with Crippen LogP contribution in [0.5, 0.6) is 0 Å². The molecule has 2 N–H and O–H groups in total. The van der Waals surface area contributed by atoms with Crippen LogP contribution < -0.4 is 5.32 Å². The summed E-state index contributed by atoms with van der Waals surface area (Å²) in [4.78, 5) is 20.1. The summed E-state index contributed by atoms with van der Waals surface area (Å²) in [6, 6.07) is 11.6. The first kappa shape index (κ1) is 27.1. The molecule has 3 heterocycles. The number of carbonyl (C=O) groups excluding carboxylic acids is 1. The number of nitrogens with zero attached hydrogens (tertiary/aromatic N) is 3. The number of fused-ring (bicyclic) bond motifs is 1. The number of pyridine rings is 1. The molecule has 0 fully saturated rings. The summed E-state index contributed by atoms with van der Waals surface area (Å²) in [6.45, 7) is 9.61. The molecular weight excluding hydrogens is 492 g/mol. The number of carbonyl (C=O) groups is 1. The molecule has 9 heteroatoms. The molecule has 0 aliphatic carbocycles. The number of aliphatic hydroxyl groups is 1. The Morgan fingerprint density at radius 2 is 1.84 bits per heavy atom. The van der Waals surface area contributed by atoms with Crippen molar-refractivity contribution < 1.29 is 19.4 Å². The van der Waals surface area contributed by atoms with Crippen LogP contribution in [0.25, 0.3) is 11.1 Å². The Kier molecular flexibility index (Phi) is 8.54. The number of aromatic nitrogens is 2. The predicted molar refractivity (Wildman–Crippen MR) is 145 cm³/mol. The molecule has 1 aliphatic rings. The number of hydrogen-bond donors (Lipinski definition) is 2. The van der Waals surface area contributed by atoms with Crippen molar-refractivity contribution in [2.45, 2.75) is 59.2 Å². The lowest BCUT2D eigenvalue weighted by molar-refractivity contribution is -0.214. The zero-order chi connectivity index (χ0) is 26.6. The van der Waals surface area contributed by atoms with Crippen molar-refractivity contribution in [3.63, 3.8) is 0 Å². The first-order valence-corrected chi connectivity index (χ1v) is 12.9. The smallest absolute Gasteiger partial charge is 0.270 e. The molecule has 0 unspecified atom stereocenters. The Hall–Kier alpha value is -2.91. The third kappa shape index (κ3) is 6.70. The molecule has 37 heavy (non-hydrogen) atoms. The van der Waals surface area contributed by atoms with Crippen LogP contribution in [-0.4, -0.2) is 57.1 Å². The van der Waals surface area contributed by atoms with E-state index >= 15 is 0 Å². The van der Waals surface area contributed by atoms with Crippen LogP contribution in [-0.2, 0) is 29.2 Å². The second-order valence-electron chi connectivity index (χ2n) is 9.91. The minimum atomic E-state index is -0.788. The summed E-state index contributed by atoms with van der Waals surface area (Å²) in [6.07, 6.45) is 3.56. The van der Waals surface area contributed by atoms with Gasteiger partial charge >= 0.3 is 0 Å². The number of anilines is 1. The predicted octanol–water partition coefficient (Wildman–Crippen LogP) is 4.94. The van der Waals surface area contributed by atoms with E-state index in [0.717, 1.165) is 22.3 Å². The van der Waals surface area contributed by atoms with Gasteiger partial charge in [-0.25, -0.2) is 4.98 Å². The molecule has 1 aliphatic heterocycles. The minimum Gasteiger partial charge on any atom is -0.392 e. The maximum absolute atomic E-state index is 14.0. The van der Waals surface area contributed by atoms with E-state index in [2.05, 4.69) is 10.3 Å². The third-order valence-corrected chi connectivity index (χ3v) is 6.55. The molecule has 0 saturated carbocycles. The molecule has 2 aromatic heterocycles. The Morgan fingerprint density at radius 3 is 2.54 bits per heavy atom. The van der Waals surface area contributed by atoms with Gasteiger partial charge < -0.3 is 29.4 Å². The van der Waals surface area contributed by atoms with Gasteiger partial charge in [0.25, 0.3) is 5.91 Å². The molecule has 0 spiro atoms. The highest BCUT2D eigenvalue weighted by Crippen LogP contribution is 2.32. The number of hydrogen-bond acceptors (Lipinski definition) is 6. The molecule has 8 nitrogen and oxygen atoms in total. The van der Waals surface area contributed by atoms with Gasteiger partial charge in [0.1, 0.15) is 11.5 Å². The van der Waals surface area contributed by atoms with Crippen LogP contribution in [0.4, 0.5) is 5.82 Å². The van der Waals surface area contributed by atoms with E-state index < -0.39 is 5.79 Å². The van der Waals surface area contributed by atoms with Gasteiger partial charge in [0, 0.05) is 49.2 Å². The molecule has 0 bridgehead atoms. The topological polar surface area (TPSA) is 88.9 Å². The Labute approximate surface area is 223 Å². The quantitative estimate of drug-likeness (QED) is 0.473. The number of amides is 1. The van der Waals surface area contributed by atoms with Crippen LogP contribution in [0.2, 0.25) is 5.02 Å². The number of benzene rings is 1. The van der Waals surface area contributed by atoms with E-state index in [-0.39, 0.29) is 18.6 Å². The number of ether oxygens (including phenoxy) is 2. The molecular formula is C28H35ClN4O4. The molecule has 4 rings (SSSR count). The fourth-order valence-electron chi connectivity index (χ4n) is 4.38. The van der Waals surface area contributed by atoms with E-state index in [1.807, 2.05) is 74.9 Å². The highest BCUT2D eigenvalue weighted by atomic mass is 35.5. The van der Waals surface area contributed by atoms with E-state index in [9.17, 15) is 9.90 Å². The lowest BCUT2D eigenvalue weighted by Crippen LogP contribution is -2.37. The summed E-state index contributed by atoms with van der Waals surface area (Å²) >= 11 is 6.55. The van der Waals surface area contributed by atoms with Gasteiger partial charge in [-0.3, -0.25) is 4.79 Å². The highest BCUT2D eigenvalue weighted by Gasteiger charge is 2.26. The molecule has 0 saturated heterocycles. The average Bonchev–Trinajstić information content (AvgIpc) is 3.27. The number of rotatable bonds is 6. The van der Waals surface area contributed by atoms with Crippen LogP contribution in [0.3, 0.4) is 0 Å². The largest absolute Gasteiger partial charge is 0.392 e.